The van der Waals surface area contributed by atoms with E-state index in [2.05, 4.69) is 0 Å². The third-order valence-corrected chi connectivity index (χ3v) is 3.50. The zero-order valence-electron chi connectivity index (χ0n) is 13.0. The molecule has 0 aliphatic carbocycles. The minimum absolute atomic E-state index is 0.183. The number of aryl methyl sites for hydroxylation is 1. The summed E-state index contributed by atoms with van der Waals surface area (Å²) in [6, 6.07) is 6.88. The predicted molar refractivity (Wildman–Crippen MR) is 83.8 cm³/mol. The molecule has 0 saturated heterocycles. The van der Waals surface area contributed by atoms with Crippen LogP contribution in [0, 0.1) is 6.92 Å². The van der Waals surface area contributed by atoms with E-state index >= 15 is 0 Å². The molecule has 0 radical (unpaired) electrons. The van der Waals surface area contributed by atoms with Crippen LogP contribution in [0.2, 0.25) is 5.02 Å². The van der Waals surface area contributed by atoms with E-state index in [-0.39, 0.29) is 5.91 Å². The van der Waals surface area contributed by atoms with Crippen molar-refractivity contribution in [3.05, 3.63) is 46.4 Å². The van der Waals surface area contributed by atoms with Gasteiger partial charge in [-0.15, -0.1) is 0 Å². The standard InChI is InChI=1S/C16H18ClNO4/c1-10-5-6-12(22-10)9-18(2)16(19)11-7-13(17)15(21-4)14(8-11)20-3/h5-8H,9H2,1-4H3. The number of hydrogen-bond donors (Lipinski definition) is 0. The Kier molecular flexibility index (Phi) is 4.98. The summed E-state index contributed by atoms with van der Waals surface area (Å²) in [5.74, 6) is 2.17. The Morgan fingerprint density at radius 2 is 2.00 bits per heavy atom. The van der Waals surface area contributed by atoms with E-state index in [0.29, 0.717) is 28.6 Å². The zero-order valence-corrected chi connectivity index (χ0v) is 13.7. The fourth-order valence-electron chi connectivity index (χ4n) is 2.14. The summed E-state index contributed by atoms with van der Waals surface area (Å²) in [6.07, 6.45) is 0. The van der Waals surface area contributed by atoms with E-state index in [0.717, 1.165) is 11.5 Å². The van der Waals surface area contributed by atoms with Gasteiger partial charge in [0, 0.05) is 12.6 Å². The van der Waals surface area contributed by atoms with E-state index in [4.69, 9.17) is 25.5 Å². The molecule has 118 valence electrons. The summed E-state index contributed by atoms with van der Waals surface area (Å²) in [7, 11) is 4.69. The van der Waals surface area contributed by atoms with Gasteiger partial charge < -0.3 is 18.8 Å². The smallest absolute Gasteiger partial charge is 0.254 e. The molecule has 0 saturated carbocycles. The van der Waals surface area contributed by atoms with Gasteiger partial charge in [0.05, 0.1) is 25.8 Å². The van der Waals surface area contributed by atoms with Crippen molar-refractivity contribution in [2.45, 2.75) is 13.5 Å². The minimum Gasteiger partial charge on any atom is -0.493 e. The second-order valence-corrected chi connectivity index (χ2v) is 5.27. The van der Waals surface area contributed by atoms with Gasteiger partial charge in [-0.3, -0.25) is 4.79 Å². The van der Waals surface area contributed by atoms with Crippen molar-refractivity contribution in [2.24, 2.45) is 0 Å². The van der Waals surface area contributed by atoms with Crippen molar-refractivity contribution in [3.63, 3.8) is 0 Å². The number of rotatable bonds is 5. The lowest BCUT2D eigenvalue weighted by Crippen LogP contribution is -2.26. The van der Waals surface area contributed by atoms with Gasteiger partial charge in [-0.1, -0.05) is 11.6 Å². The van der Waals surface area contributed by atoms with Crippen LogP contribution in [0.5, 0.6) is 11.5 Å². The number of halogens is 1. The molecular formula is C16H18ClNO4. The van der Waals surface area contributed by atoms with E-state index in [1.807, 2.05) is 19.1 Å². The molecule has 0 aliphatic rings. The van der Waals surface area contributed by atoms with Crippen LogP contribution >= 0.6 is 11.6 Å². The Labute approximate surface area is 134 Å². The maximum atomic E-state index is 12.5. The maximum absolute atomic E-state index is 12.5. The molecule has 0 unspecified atom stereocenters. The van der Waals surface area contributed by atoms with Gasteiger partial charge in [-0.05, 0) is 31.2 Å². The van der Waals surface area contributed by atoms with E-state index in [1.54, 1.807) is 24.1 Å². The van der Waals surface area contributed by atoms with Gasteiger partial charge in [0.15, 0.2) is 11.5 Å². The van der Waals surface area contributed by atoms with Crippen molar-refractivity contribution in [2.75, 3.05) is 21.3 Å². The second kappa shape index (κ2) is 6.75. The monoisotopic (exact) mass is 323 g/mol. The van der Waals surface area contributed by atoms with Crippen LogP contribution in [0.25, 0.3) is 0 Å². The average Bonchev–Trinajstić information content (AvgIpc) is 2.90. The fraction of sp³-hybridized carbons (Fsp3) is 0.312. The van der Waals surface area contributed by atoms with Crippen LogP contribution in [-0.2, 0) is 6.54 Å². The van der Waals surface area contributed by atoms with Crippen molar-refractivity contribution in [1.82, 2.24) is 4.90 Å². The van der Waals surface area contributed by atoms with Crippen molar-refractivity contribution in [1.29, 1.82) is 0 Å². The van der Waals surface area contributed by atoms with Gasteiger partial charge in [0.25, 0.3) is 5.91 Å². The van der Waals surface area contributed by atoms with Gasteiger partial charge in [-0.25, -0.2) is 0 Å². The molecule has 22 heavy (non-hydrogen) atoms. The molecule has 1 amide bonds. The number of carbonyl (C=O) groups is 1. The Balaban J connectivity index is 2.23. The largest absolute Gasteiger partial charge is 0.493 e. The van der Waals surface area contributed by atoms with E-state index < -0.39 is 0 Å². The summed E-state index contributed by atoms with van der Waals surface area (Å²) in [6.45, 7) is 2.23. The normalized spacial score (nSPS) is 10.4. The highest BCUT2D eigenvalue weighted by Gasteiger charge is 2.18. The van der Waals surface area contributed by atoms with Gasteiger partial charge >= 0.3 is 0 Å². The minimum atomic E-state index is -0.183. The fourth-order valence-corrected chi connectivity index (χ4v) is 2.43. The molecule has 0 aliphatic heterocycles. The molecule has 0 N–H and O–H groups in total. The lowest BCUT2D eigenvalue weighted by molar-refractivity contribution is 0.0774. The molecule has 5 nitrogen and oxygen atoms in total. The molecule has 2 aromatic rings. The Morgan fingerprint density at radius 1 is 1.27 bits per heavy atom. The maximum Gasteiger partial charge on any atom is 0.254 e. The number of nitrogens with zero attached hydrogens (tertiary/aromatic N) is 1. The number of furan rings is 1. The summed E-state index contributed by atoms with van der Waals surface area (Å²) in [4.78, 5) is 14.1. The third-order valence-electron chi connectivity index (χ3n) is 3.22. The van der Waals surface area contributed by atoms with E-state index in [9.17, 15) is 4.79 Å². The molecule has 1 heterocycles. The molecule has 2 rings (SSSR count). The number of carbonyl (C=O) groups excluding carboxylic acids is 1. The third kappa shape index (κ3) is 3.36. The SMILES string of the molecule is COc1cc(C(=O)N(C)Cc2ccc(C)o2)cc(Cl)c1OC. The highest BCUT2D eigenvalue weighted by atomic mass is 35.5. The van der Waals surface area contributed by atoms with Gasteiger partial charge in [0.1, 0.15) is 11.5 Å². The summed E-state index contributed by atoms with van der Waals surface area (Å²) >= 11 is 6.13. The number of benzene rings is 1. The second-order valence-electron chi connectivity index (χ2n) is 4.87. The highest BCUT2D eigenvalue weighted by Crippen LogP contribution is 2.36. The van der Waals surface area contributed by atoms with Crippen LogP contribution in [0.3, 0.4) is 0 Å². The first kappa shape index (κ1) is 16.2. The molecule has 0 atom stereocenters. The van der Waals surface area contributed by atoms with Crippen LogP contribution in [0.1, 0.15) is 21.9 Å². The van der Waals surface area contributed by atoms with Crippen LogP contribution in [0.4, 0.5) is 0 Å². The Bertz CT molecular complexity index is 681. The summed E-state index contributed by atoms with van der Waals surface area (Å²) < 4.78 is 15.9. The van der Waals surface area contributed by atoms with E-state index in [1.165, 1.54) is 14.2 Å². The van der Waals surface area contributed by atoms with Crippen molar-refractivity contribution >= 4 is 17.5 Å². The molecule has 0 fully saturated rings. The quantitative estimate of drug-likeness (QED) is 0.844. The Hall–Kier alpha value is -2.14. The van der Waals surface area contributed by atoms with Gasteiger partial charge in [-0.2, -0.15) is 0 Å². The molecule has 0 spiro atoms. The first-order valence-electron chi connectivity index (χ1n) is 6.68. The zero-order chi connectivity index (χ0) is 16.3. The molecule has 0 bridgehead atoms. The van der Waals surface area contributed by atoms with Gasteiger partial charge in [0.2, 0.25) is 0 Å². The molecule has 1 aromatic carbocycles. The topological polar surface area (TPSA) is 51.9 Å². The number of methoxy groups -OCH3 is 2. The molecular weight excluding hydrogens is 306 g/mol. The Morgan fingerprint density at radius 3 is 2.55 bits per heavy atom. The first-order valence-corrected chi connectivity index (χ1v) is 7.06. The van der Waals surface area contributed by atoms with Crippen LogP contribution < -0.4 is 9.47 Å². The predicted octanol–water partition coefficient (Wildman–Crippen LogP) is 3.53. The number of ether oxygens (including phenoxy) is 2. The average molecular weight is 324 g/mol. The first-order chi connectivity index (χ1) is 10.5. The summed E-state index contributed by atoms with van der Waals surface area (Å²) in [5, 5.41) is 0.326. The van der Waals surface area contributed by atoms with Crippen molar-refractivity contribution in [3.8, 4) is 11.5 Å². The van der Waals surface area contributed by atoms with Crippen LogP contribution in [-0.4, -0.2) is 32.1 Å². The number of amides is 1. The number of hydrogen-bond acceptors (Lipinski definition) is 4. The lowest BCUT2D eigenvalue weighted by atomic mass is 10.1. The molecule has 1 aromatic heterocycles. The highest BCUT2D eigenvalue weighted by molar-refractivity contribution is 6.32. The lowest BCUT2D eigenvalue weighted by Gasteiger charge is -2.17. The summed E-state index contributed by atoms with van der Waals surface area (Å²) in [5.41, 5.74) is 0.424. The molecule has 6 heteroatoms. The van der Waals surface area contributed by atoms with Crippen molar-refractivity contribution < 1.29 is 18.7 Å². The van der Waals surface area contributed by atoms with Crippen LogP contribution in [0.15, 0.2) is 28.7 Å².